The van der Waals surface area contributed by atoms with Crippen LogP contribution in [-0.2, 0) is 0 Å². The van der Waals surface area contributed by atoms with Gasteiger partial charge in [0.15, 0.2) is 5.78 Å². The van der Waals surface area contributed by atoms with Crippen molar-refractivity contribution in [3.63, 3.8) is 0 Å². The highest BCUT2D eigenvalue weighted by molar-refractivity contribution is 7.16. The minimum atomic E-state index is 0.0553. The highest BCUT2D eigenvalue weighted by Gasteiger charge is 2.07. The Balaban J connectivity index is 2.23. The summed E-state index contributed by atoms with van der Waals surface area (Å²) >= 11 is 1.41. The Kier molecular flexibility index (Phi) is 3.54. The number of Topliss-reactive ketones (excluding diaryl/α,β-unsaturated/α-hetero) is 1. The number of benzene rings is 1. The molecule has 0 unspecified atom stereocenters. The highest BCUT2D eigenvalue weighted by atomic mass is 32.1. The van der Waals surface area contributed by atoms with Crippen LogP contribution in [-0.4, -0.2) is 17.4 Å². The average molecular weight is 247 g/mol. The van der Waals surface area contributed by atoms with Crippen LogP contribution < -0.4 is 4.74 Å². The number of hydrogen-bond donors (Lipinski definition) is 0. The van der Waals surface area contributed by atoms with Crippen LogP contribution in [0.5, 0.6) is 5.75 Å². The first-order valence-corrected chi connectivity index (χ1v) is 6.22. The molecule has 0 N–H and O–H groups in total. The van der Waals surface area contributed by atoms with Gasteiger partial charge in [0.2, 0.25) is 0 Å². The summed E-state index contributed by atoms with van der Waals surface area (Å²) in [6.07, 6.45) is 1.62. The Labute approximate surface area is 104 Å². The van der Waals surface area contributed by atoms with Gasteiger partial charge >= 0.3 is 0 Å². The Bertz CT molecular complexity index is 516. The molecule has 1 heterocycles. The smallest absolute Gasteiger partial charge is 0.171 e. The molecule has 1 aromatic heterocycles. The van der Waals surface area contributed by atoms with Crippen LogP contribution in [0.4, 0.5) is 0 Å². The van der Waals surface area contributed by atoms with E-state index in [1.165, 1.54) is 11.3 Å². The molecule has 0 atom stereocenters. The van der Waals surface area contributed by atoms with E-state index in [1.54, 1.807) is 13.1 Å². The van der Waals surface area contributed by atoms with Crippen LogP contribution in [0.2, 0.25) is 0 Å². The minimum absolute atomic E-state index is 0.0553. The quantitative estimate of drug-likeness (QED) is 0.777. The molecular weight excluding hydrogens is 234 g/mol. The van der Waals surface area contributed by atoms with Gasteiger partial charge in [-0.3, -0.25) is 4.79 Å². The SMILES string of the molecule is CCOc1ccc(-c2ncc(C(C)=O)s2)cc1. The van der Waals surface area contributed by atoms with Crippen molar-refractivity contribution < 1.29 is 9.53 Å². The van der Waals surface area contributed by atoms with Gasteiger partial charge in [0, 0.05) is 18.7 Å². The number of nitrogens with zero attached hydrogens (tertiary/aromatic N) is 1. The molecule has 2 aromatic rings. The molecule has 0 aliphatic heterocycles. The van der Waals surface area contributed by atoms with Crippen LogP contribution >= 0.6 is 11.3 Å². The molecule has 0 amide bonds. The molecule has 1 aromatic carbocycles. The van der Waals surface area contributed by atoms with Gasteiger partial charge in [0.05, 0.1) is 11.5 Å². The van der Waals surface area contributed by atoms with Crippen molar-refractivity contribution in [2.24, 2.45) is 0 Å². The van der Waals surface area contributed by atoms with Gasteiger partial charge in [-0.25, -0.2) is 4.98 Å². The Morgan fingerprint density at radius 3 is 2.59 bits per heavy atom. The molecule has 0 aliphatic carbocycles. The summed E-state index contributed by atoms with van der Waals surface area (Å²) in [5, 5.41) is 0.859. The second-order valence-electron chi connectivity index (χ2n) is 3.54. The zero-order chi connectivity index (χ0) is 12.3. The standard InChI is InChI=1S/C13H13NO2S/c1-3-16-11-6-4-10(5-7-11)13-14-8-12(17-13)9(2)15/h4-8H,3H2,1-2H3. The molecule has 2 rings (SSSR count). The summed E-state index contributed by atoms with van der Waals surface area (Å²) in [5.41, 5.74) is 1.01. The van der Waals surface area contributed by atoms with Crippen LogP contribution in [0.25, 0.3) is 10.6 Å². The number of carbonyl (C=O) groups is 1. The van der Waals surface area contributed by atoms with E-state index in [0.29, 0.717) is 11.5 Å². The molecule has 4 heteroatoms. The van der Waals surface area contributed by atoms with Crippen molar-refractivity contribution in [2.45, 2.75) is 13.8 Å². The Morgan fingerprint density at radius 1 is 1.35 bits per heavy atom. The summed E-state index contributed by atoms with van der Waals surface area (Å²) in [4.78, 5) is 16.1. The summed E-state index contributed by atoms with van der Waals surface area (Å²) in [5.74, 6) is 0.902. The number of ether oxygens (including phenoxy) is 1. The molecule has 0 saturated carbocycles. The van der Waals surface area contributed by atoms with Crippen molar-refractivity contribution in [1.82, 2.24) is 4.98 Å². The number of hydrogen-bond acceptors (Lipinski definition) is 4. The first-order chi connectivity index (χ1) is 8.20. The third-order valence-electron chi connectivity index (χ3n) is 2.26. The lowest BCUT2D eigenvalue weighted by Crippen LogP contribution is -1.90. The number of aromatic nitrogens is 1. The fraction of sp³-hybridized carbons (Fsp3) is 0.231. The maximum atomic E-state index is 11.2. The van der Waals surface area contributed by atoms with Crippen molar-refractivity contribution in [3.8, 4) is 16.3 Å². The lowest BCUT2D eigenvalue weighted by atomic mass is 10.2. The zero-order valence-electron chi connectivity index (χ0n) is 9.77. The lowest BCUT2D eigenvalue weighted by Gasteiger charge is -2.02. The predicted octanol–water partition coefficient (Wildman–Crippen LogP) is 3.41. The number of thiazole rings is 1. The first-order valence-electron chi connectivity index (χ1n) is 5.40. The van der Waals surface area contributed by atoms with Gasteiger partial charge in [0.25, 0.3) is 0 Å². The number of carbonyl (C=O) groups excluding carboxylic acids is 1. The maximum absolute atomic E-state index is 11.2. The van der Waals surface area contributed by atoms with E-state index in [0.717, 1.165) is 16.3 Å². The molecule has 0 spiro atoms. The van der Waals surface area contributed by atoms with Crippen molar-refractivity contribution >= 4 is 17.1 Å². The average Bonchev–Trinajstić information content (AvgIpc) is 2.80. The molecule has 3 nitrogen and oxygen atoms in total. The maximum Gasteiger partial charge on any atom is 0.171 e. The van der Waals surface area contributed by atoms with Crippen LogP contribution in [0.15, 0.2) is 30.5 Å². The second kappa shape index (κ2) is 5.10. The fourth-order valence-corrected chi connectivity index (χ4v) is 2.25. The van der Waals surface area contributed by atoms with Gasteiger partial charge in [-0.1, -0.05) is 0 Å². The van der Waals surface area contributed by atoms with Crippen LogP contribution in [0.3, 0.4) is 0 Å². The molecular formula is C13H13NO2S. The summed E-state index contributed by atoms with van der Waals surface area (Å²) in [6, 6.07) is 7.73. The van der Waals surface area contributed by atoms with E-state index in [4.69, 9.17) is 4.74 Å². The third kappa shape index (κ3) is 2.71. The zero-order valence-corrected chi connectivity index (χ0v) is 10.6. The Morgan fingerprint density at radius 2 is 2.06 bits per heavy atom. The van der Waals surface area contributed by atoms with Gasteiger partial charge < -0.3 is 4.74 Å². The normalized spacial score (nSPS) is 10.2. The lowest BCUT2D eigenvalue weighted by molar-refractivity contribution is 0.102. The number of ketones is 1. The molecule has 17 heavy (non-hydrogen) atoms. The Hall–Kier alpha value is -1.68. The highest BCUT2D eigenvalue weighted by Crippen LogP contribution is 2.26. The molecule has 0 saturated heterocycles. The van der Waals surface area contributed by atoms with Crippen molar-refractivity contribution in [3.05, 3.63) is 35.3 Å². The fourth-order valence-electron chi connectivity index (χ4n) is 1.43. The largest absolute Gasteiger partial charge is 0.494 e. The van der Waals surface area contributed by atoms with E-state index in [1.807, 2.05) is 31.2 Å². The van der Waals surface area contributed by atoms with E-state index in [2.05, 4.69) is 4.98 Å². The summed E-state index contributed by atoms with van der Waals surface area (Å²) in [7, 11) is 0. The predicted molar refractivity (Wildman–Crippen MR) is 68.7 cm³/mol. The first kappa shape index (κ1) is 11.8. The van der Waals surface area contributed by atoms with Crippen molar-refractivity contribution in [1.29, 1.82) is 0 Å². The van der Waals surface area contributed by atoms with E-state index in [9.17, 15) is 4.79 Å². The van der Waals surface area contributed by atoms with Gasteiger partial charge in [-0.2, -0.15) is 0 Å². The molecule has 0 aliphatic rings. The second-order valence-corrected chi connectivity index (χ2v) is 4.57. The molecule has 0 fully saturated rings. The monoisotopic (exact) mass is 247 g/mol. The molecule has 88 valence electrons. The molecule has 0 radical (unpaired) electrons. The van der Waals surface area contributed by atoms with Gasteiger partial charge in [-0.05, 0) is 31.2 Å². The van der Waals surface area contributed by atoms with E-state index < -0.39 is 0 Å². The van der Waals surface area contributed by atoms with E-state index in [-0.39, 0.29) is 5.78 Å². The summed E-state index contributed by atoms with van der Waals surface area (Å²) < 4.78 is 5.37. The summed E-state index contributed by atoms with van der Waals surface area (Å²) in [6.45, 7) is 4.16. The van der Waals surface area contributed by atoms with Crippen molar-refractivity contribution in [2.75, 3.05) is 6.61 Å². The minimum Gasteiger partial charge on any atom is -0.494 e. The number of rotatable bonds is 4. The molecule has 0 bridgehead atoms. The topological polar surface area (TPSA) is 39.2 Å². The van der Waals surface area contributed by atoms with E-state index >= 15 is 0 Å². The third-order valence-corrected chi connectivity index (χ3v) is 3.41. The van der Waals surface area contributed by atoms with Gasteiger partial charge in [-0.15, -0.1) is 11.3 Å². The van der Waals surface area contributed by atoms with Crippen LogP contribution in [0, 0.1) is 0 Å². The van der Waals surface area contributed by atoms with Gasteiger partial charge in [0.1, 0.15) is 10.8 Å². The van der Waals surface area contributed by atoms with Crippen LogP contribution in [0.1, 0.15) is 23.5 Å².